The van der Waals surface area contributed by atoms with E-state index in [1.165, 1.54) is 0 Å². The average Bonchev–Trinajstić information content (AvgIpc) is 2.16. The molecule has 3 nitrogen and oxygen atoms in total. The maximum Gasteiger partial charge on any atom is 0.213 e. The Hall–Kier alpha value is -1.38. The van der Waals surface area contributed by atoms with Gasteiger partial charge in [-0.15, -0.1) is 0 Å². The van der Waals surface area contributed by atoms with Crippen molar-refractivity contribution in [2.75, 3.05) is 0 Å². The molecule has 0 radical (unpaired) electrons. The van der Waals surface area contributed by atoms with Gasteiger partial charge in [0, 0.05) is 6.07 Å². The van der Waals surface area contributed by atoms with Crippen LogP contribution < -0.4 is 4.74 Å². The van der Waals surface area contributed by atoms with Gasteiger partial charge in [-0.1, -0.05) is 13.0 Å². The van der Waals surface area contributed by atoms with E-state index in [4.69, 9.17) is 4.74 Å². The molecule has 0 aliphatic carbocycles. The van der Waals surface area contributed by atoms with Crippen molar-refractivity contribution in [2.24, 2.45) is 0 Å². The van der Waals surface area contributed by atoms with Crippen LogP contribution in [0.3, 0.4) is 0 Å². The Labute approximate surface area is 84.1 Å². The van der Waals surface area contributed by atoms with Crippen LogP contribution in [0.25, 0.3) is 0 Å². The number of rotatable bonds is 4. The summed E-state index contributed by atoms with van der Waals surface area (Å²) in [6.07, 6.45) is 0.978. The van der Waals surface area contributed by atoms with E-state index < -0.39 is 0 Å². The van der Waals surface area contributed by atoms with Crippen molar-refractivity contribution in [1.82, 2.24) is 4.98 Å². The number of aldehydes is 1. The molecule has 0 aliphatic rings. The minimum atomic E-state index is -0.175. The Balaban J connectivity index is 2.83. The van der Waals surface area contributed by atoms with Gasteiger partial charge >= 0.3 is 0 Å². The fourth-order valence-corrected chi connectivity index (χ4v) is 1.06. The molecular weight excluding hydrogens is 178 g/mol. The summed E-state index contributed by atoms with van der Waals surface area (Å²) in [7, 11) is 0. The molecule has 0 saturated heterocycles. The van der Waals surface area contributed by atoms with Crippen LogP contribution >= 0.6 is 0 Å². The predicted molar refractivity (Wildman–Crippen MR) is 54.5 cm³/mol. The van der Waals surface area contributed by atoms with Gasteiger partial charge in [0.05, 0.1) is 17.7 Å². The van der Waals surface area contributed by atoms with Gasteiger partial charge in [-0.2, -0.15) is 0 Å². The second-order valence-corrected chi connectivity index (χ2v) is 3.49. The van der Waals surface area contributed by atoms with Crippen molar-refractivity contribution >= 4 is 6.29 Å². The highest BCUT2D eigenvalue weighted by atomic mass is 16.5. The Morgan fingerprint density at radius 1 is 1.36 bits per heavy atom. The summed E-state index contributed by atoms with van der Waals surface area (Å²) in [6, 6.07) is 5.47. The Kier molecular flexibility index (Phi) is 3.63. The molecular formula is C11H15NO2. The Bertz CT molecular complexity index is 310. The number of hydrogen-bond acceptors (Lipinski definition) is 3. The minimum absolute atomic E-state index is 0.101. The van der Waals surface area contributed by atoms with Gasteiger partial charge in [-0.25, -0.2) is 4.98 Å². The fraction of sp³-hybridized carbons (Fsp3) is 0.455. The summed E-state index contributed by atoms with van der Waals surface area (Å²) in [5, 5.41) is 0. The average molecular weight is 193 g/mol. The van der Waals surface area contributed by atoms with Crippen LogP contribution in [0.2, 0.25) is 0 Å². The van der Waals surface area contributed by atoms with Crippen LogP contribution in [0.15, 0.2) is 18.2 Å². The number of carbonyl (C=O) groups is 1. The lowest BCUT2D eigenvalue weighted by Crippen LogP contribution is -2.08. The van der Waals surface area contributed by atoms with Crippen molar-refractivity contribution < 1.29 is 9.53 Å². The van der Waals surface area contributed by atoms with E-state index in [1.54, 1.807) is 6.07 Å². The molecule has 0 spiro atoms. The Morgan fingerprint density at radius 3 is 2.64 bits per heavy atom. The topological polar surface area (TPSA) is 39.2 Å². The molecule has 1 heterocycles. The first-order valence-electron chi connectivity index (χ1n) is 4.72. The van der Waals surface area contributed by atoms with E-state index in [9.17, 15) is 4.79 Å². The van der Waals surface area contributed by atoms with Crippen LogP contribution in [-0.4, -0.2) is 17.4 Å². The van der Waals surface area contributed by atoms with Gasteiger partial charge in [0.25, 0.3) is 0 Å². The fourth-order valence-electron chi connectivity index (χ4n) is 1.06. The molecule has 1 rings (SSSR count). The van der Waals surface area contributed by atoms with Crippen molar-refractivity contribution in [1.29, 1.82) is 0 Å². The summed E-state index contributed by atoms with van der Waals surface area (Å²) in [5.74, 6) is 0.400. The molecule has 0 fully saturated rings. The number of hydrogen-bond donors (Lipinski definition) is 0. The first-order valence-corrected chi connectivity index (χ1v) is 4.72. The van der Waals surface area contributed by atoms with E-state index in [2.05, 4.69) is 4.98 Å². The molecule has 0 aromatic carbocycles. The molecule has 0 amide bonds. The summed E-state index contributed by atoms with van der Waals surface area (Å²) < 4.78 is 5.42. The van der Waals surface area contributed by atoms with Gasteiger partial charge in [0.1, 0.15) is 6.29 Å². The maximum absolute atomic E-state index is 10.6. The lowest BCUT2D eigenvalue weighted by molar-refractivity contribution is -0.108. The lowest BCUT2D eigenvalue weighted by Gasteiger charge is -2.10. The van der Waals surface area contributed by atoms with E-state index in [1.807, 2.05) is 32.9 Å². The summed E-state index contributed by atoms with van der Waals surface area (Å²) in [5.41, 5.74) is 0.748. The number of nitrogens with zero attached hydrogens (tertiary/aromatic N) is 1. The molecule has 0 aliphatic heterocycles. The highest BCUT2D eigenvalue weighted by molar-refractivity contribution is 5.60. The monoisotopic (exact) mass is 193 g/mol. The molecule has 0 N–H and O–H groups in total. The van der Waals surface area contributed by atoms with Crippen molar-refractivity contribution in [2.45, 2.75) is 32.8 Å². The van der Waals surface area contributed by atoms with Crippen molar-refractivity contribution in [3.05, 3.63) is 23.9 Å². The van der Waals surface area contributed by atoms with E-state index in [0.717, 1.165) is 12.0 Å². The van der Waals surface area contributed by atoms with Crippen molar-refractivity contribution in [3.8, 4) is 5.88 Å². The van der Waals surface area contributed by atoms with Crippen LogP contribution in [0.4, 0.5) is 0 Å². The first-order chi connectivity index (χ1) is 6.63. The smallest absolute Gasteiger partial charge is 0.213 e. The molecule has 14 heavy (non-hydrogen) atoms. The molecule has 1 aromatic rings. The third-order valence-corrected chi connectivity index (χ3v) is 1.77. The molecule has 1 unspecified atom stereocenters. The number of aromatic nitrogens is 1. The zero-order chi connectivity index (χ0) is 10.6. The van der Waals surface area contributed by atoms with Crippen LogP contribution in [0.5, 0.6) is 5.88 Å². The van der Waals surface area contributed by atoms with Gasteiger partial charge in [0.15, 0.2) is 0 Å². The highest BCUT2D eigenvalue weighted by Gasteiger charge is 2.06. The lowest BCUT2D eigenvalue weighted by atomic mass is 10.1. The molecule has 0 saturated carbocycles. The number of carbonyl (C=O) groups excluding carboxylic acids is 1. The quantitative estimate of drug-likeness (QED) is 0.688. The molecule has 1 atom stereocenters. The third-order valence-electron chi connectivity index (χ3n) is 1.77. The van der Waals surface area contributed by atoms with Crippen LogP contribution in [0.1, 0.15) is 32.4 Å². The van der Waals surface area contributed by atoms with Gasteiger partial charge in [-0.05, 0) is 19.9 Å². The first kappa shape index (κ1) is 10.7. The van der Waals surface area contributed by atoms with Crippen LogP contribution in [0, 0.1) is 0 Å². The summed E-state index contributed by atoms with van der Waals surface area (Å²) in [4.78, 5) is 14.8. The highest BCUT2D eigenvalue weighted by Crippen LogP contribution is 2.15. The molecule has 0 bridgehead atoms. The van der Waals surface area contributed by atoms with E-state index >= 15 is 0 Å². The normalized spacial score (nSPS) is 12.6. The minimum Gasteiger partial charge on any atom is -0.475 e. The summed E-state index contributed by atoms with van der Waals surface area (Å²) >= 11 is 0. The summed E-state index contributed by atoms with van der Waals surface area (Å²) in [6.45, 7) is 5.70. The largest absolute Gasteiger partial charge is 0.475 e. The number of pyridine rings is 1. The van der Waals surface area contributed by atoms with Crippen LogP contribution in [-0.2, 0) is 4.79 Å². The van der Waals surface area contributed by atoms with Gasteiger partial charge in [0.2, 0.25) is 5.88 Å². The predicted octanol–water partition coefficient (Wildman–Crippen LogP) is 2.17. The van der Waals surface area contributed by atoms with E-state index in [0.29, 0.717) is 5.88 Å². The van der Waals surface area contributed by atoms with Gasteiger partial charge < -0.3 is 9.53 Å². The second kappa shape index (κ2) is 4.74. The zero-order valence-corrected chi connectivity index (χ0v) is 8.73. The second-order valence-electron chi connectivity index (χ2n) is 3.49. The van der Waals surface area contributed by atoms with Crippen molar-refractivity contribution in [3.63, 3.8) is 0 Å². The Morgan fingerprint density at radius 2 is 2.07 bits per heavy atom. The molecule has 76 valence electrons. The standard InChI is InChI=1S/C11H15NO2/c1-8(2)14-11-6-4-5-10(12-11)9(3)7-13/h4-9H,1-3H3. The molecule has 1 aromatic heterocycles. The maximum atomic E-state index is 10.6. The number of ether oxygens (including phenoxy) is 1. The van der Waals surface area contributed by atoms with Gasteiger partial charge in [-0.3, -0.25) is 0 Å². The van der Waals surface area contributed by atoms with E-state index in [-0.39, 0.29) is 12.0 Å². The zero-order valence-electron chi connectivity index (χ0n) is 8.73. The third kappa shape index (κ3) is 2.83. The SMILES string of the molecule is CC(C)Oc1cccc(C(C)C=O)n1. The molecule has 3 heteroatoms.